The standard InChI is InChI=1S/C16H16ClN/c1-11-16(12-5-3-2-4-6-12)15-9-14(17)8-7-13(15)10-18-11/h2-9,11,16,18H,10H2,1H3. The van der Waals surface area contributed by atoms with Crippen LogP contribution >= 0.6 is 11.6 Å². The van der Waals surface area contributed by atoms with Gasteiger partial charge in [0.1, 0.15) is 0 Å². The van der Waals surface area contributed by atoms with Crippen molar-refractivity contribution in [3.05, 3.63) is 70.2 Å². The Hall–Kier alpha value is -1.31. The molecule has 1 aliphatic rings. The number of hydrogen-bond acceptors (Lipinski definition) is 1. The Morgan fingerprint density at radius 1 is 1.11 bits per heavy atom. The van der Waals surface area contributed by atoms with Gasteiger partial charge in [-0.15, -0.1) is 0 Å². The van der Waals surface area contributed by atoms with Crippen LogP contribution < -0.4 is 5.32 Å². The van der Waals surface area contributed by atoms with E-state index in [0.717, 1.165) is 11.6 Å². The molecule has 0 saturated heterocycles. The van der Waals surface area contributed by atoms with Gasteiger partial charge in [-0.1, -0.05) is 48.0 Å². The molecule has 0 saturated carbocycles. The van der Waals surface area contributed by atoms with Crippen LogP contribution in [-0.2, 0) is 6.54 Å². The molecular formula is C16H16ClN. The molecule has 1 heterocycles. The second kappa shape index (κ2) is 4.75. The predicted octanol–water partition coefficient (Wildman–Crippen LogP) is 3.96. The quantitative estimate of drug-likeness (QED) is 0.815. The molecule has 0 aliphatic carbocycles. The van der Waals surface area contributed by atoms with Crippen LogP contribution in [0.15, 0.2) is 48.5 Å². The minimum absolute atomic E-state index is 0.383. The highest BCUT2D eigenvalue weighted by Crippen LogP contribution is 2.35. The minimum Gasteiger partial charge on any atom is -0.309 e. The van der Waals surface area contributed by atoms with Gasteiger partial charge in [0.25, 0.3) is 0 Å². The molecule has 0 fully saturated rings. The highest BCUT2D eigenvalue weighted by Gasteiger charge is 2.27. The summed E-state index contributed by atoms with van der Waals surface area (Å²) in [6.07, 6.45) is 0. The van der Waals surface area contributed by atoms with Crippen molar-refractivity contribution in [2.24, 2.45) is 0 Å². The van der Waals surface area contributed by atoms with E-state index in [4.69, 9.17) is 11.6 Å². The van der Waals surface area contributed by atoms with Gasteiger partial charge >= 0.3 is 0 Å². The van der Waals surface area contributed by atoms with Crippen LogP contribution in [-0.4, -0.2) is 6.04 Å². The smallest absolute Gasteiger partial charge is 0.0409 e. The van der Waals surface area contributed by atoms with Crippen molar-refractivity contribution < 1.29 is 0 Å². The van der Waals surface area contributed by atoms with E-state index < -0.39 is 0 Å². The van der Waals surface area contributed by atoms with Crippen molar-refractivity contribution in [2.45, 2.75) is 25.4 Å². The lowest BCUT2D eigenvalue weighted by Crippen LogP contribution is -2.37. The summed E-state index contributed by atoms with van der Waals surface area (Å²) in [4.78, 5) is 0. The molecule has 92 valence electrons. The van der Waals surface area contributed by atoms with Crippen molar-refractivity contribution in [1.82, 2.24) is 5.32 Å². The molecule has 1 N–H and O–H groups in total. The van der Waals surface area contributed by atoms with Gasteiger partial charge in [0, 0.05) is 23.5 Å². The van der Waals surface area contributed by atoms with Gasteiger partial charge < -0.3 is 5.32 Å². The molecule has 0 aromatic heterocycles. The number of rotatable bonds is 1. The van der Waals surface area contributed by atoms with Crippen molar-refractivity contribution in [3.63, 3.8) is 0 Å². The second-order valence-electron chi connectivity index (χ2n) is 4.90. The van der Waals surface area contributed by atoms with Gasteiger partial charge in [-0.2, -0.15) is 0 Å². The van der Waals surface area contributed by atoms with E-state index in [9.17, 15) is 0 Å². The molecule has 1 aliphatic heterocycles. The second-order valence-corrected chi connectivity index (χ2v) is 5.34. The van der Waals surface area contributed by atoms with Crippen molar-refractivity contribution >= 4 is 11.6 Å². The largest absolute Gasteiger partial charge is 0.309 e. The Balaban J connectivity index is 2.12. The Morgan fingerprint density at radius 2 is 1.89 bits per heavy atom. The lowest BCUT2D eigenvalue weighted by atomic mass is 9.81. The summed E-state index contributed by atoms with van der Waals surface area (Å²) >= 11 is 6.16. The van der Waals surface area contributed by atoms with Crippen LogP contribution in [0.2, 0.25) is 5.02 Å². The number of hydrogen-bond donors (Lipinski definition) is 1. The van der Waals surface area contributed by atoms with Gasteiger partial charge in [-0.3, -0.25) is 0 Å². The summed E-state index contributed by atoms with van der Waals surface area (Å²) in [5.41, 5.74) is 4.06. The third-order valence-electron chi connectivity index (χ3n) is 3.72. The lowest BCUT2D eigenvalue weighted by Gasteiger charge is -2.33. The Kier molecular flexibility index (Phi) is 3.11. The monoisotopic (exact) mass is 257 g/mol. The first-order valence-corrected chi connectivity index (χ1v) is 6.70. The molecule has 0 bridgehead atoms. The summed E-state index contributed by atoms with van der Waals surface area (Å²) < 4.78 is 0. The van der Waals surface area contributed by atoms with E-state index in [-0.39, 0.29) is 0 Å². The first kappa shape index (κ1) is 11.8. The molecule has 1 nitrogen and oxygen atoms in total. The average molecular weight is 258 g/mol. The highest BCUT2D eigenvalue weighted by molar-refractivity contribution is 6.30. The number of fused-ring (bicyclic) bond motifs is 1. The maximum atomic E-state index is 6.16. The lowest BCUT2D eigenvalue weighted by molar-refractivity contribution is 0.466. The number of nitrogens with one attached hydrogen (secondary N) is 1. The first-order valence-electron chi connectivity index (χ1n) is 6.32. The van der Waals surface area contributed by atoms with E-state index in [1.807, 2.05) is 6.07 Å². The minimum atomic E-state index is 0.383. The van der Waals surface area contributed by atoms with Crippen LogP contribution in [0, 0.1) is 0 Å². The Morgan fingerprint density at radius 3 is 2.67 bits per heavy atom. The van der Waals surface area contributed by atoms with Crippen LogP contribution in [0.4, 0.5) is 0 Å². The van der Waals surface area contributed by atoms with E-state index in [0.29, 0.717) is 12.0 Å². The van der Waals surface area contributed by atoms with Crippen molar-refractivity contribution in [2.75, 3.05) is 0 Å². The van der Waals surface area contributed by atoms with Gasteiger partial charge in [0.05, 0.1) is 0 Å². The maximum Gasteiger partial charge on any atom is 0.0409 e. The van der Waals surface area contributed by atoms with Gasteiger partial charge in [-0.25, -0.2) is 0 Å². The summed E-state index contributed by atoms with van der Waals surface area (Å²) in [6, 6.07) is 17.3. The Labute approximate surface area is 113 Å². The topological polar surface area (TPSA) is 12.0 Å². The van der Waals surface area contributed by atoms with Gasteiger partial charge in [0.15, 0.2) is 0 Å². The molecule has 2 unspecified atom stereocenters. The third-order valence-corrected chi connectivity index (χ3v) is 3.95. The molecule has 18 heavy (non-hydrogen) atoms. The van der Waals surface area contributed by atoms with E-state index in [1.165, 1.54) is 16.7 Å². The zero-order valence-corrected chi connectivity index (χ0v) is 11.1. The van der Waals surface area contributed by atoms with Crippen LogP contribution in [0.3, 0.4) is 0 Å². The fourth-order valence-corrected chi connectivity index (χ4v) is 2.98. The molecule has 2 atom stereocenters. The van der Waals surface area contributed by atoms with E-state index in [2.05, 4.69) is 54.7 Å². The van der Waals surface area contributed by atoms with Crippen molar-refractivity contribution in [3.8, 4) is 0 Å². The van der Waals surface area contributed by atoms with E-state index in [1.54, 1.807) is 0 Å². The molecule has 0 amide bonds. The zero-order valence-electron chi connectivity index (χ0n) is 10.4. The predicted molar refractivity (Wildman–Crippen MR) is 76.0 cm³/mol. The first-order chi connectivity index (χ1) is 8.75. The van der Waals surface area contributed by atoms with Crippen LogP contribution in [0.25, 0.3) is 0 Å². The highest BCUT2D eigenvalue weighted by atomic mass is 35.5. The zero-order chi connectivity index (χ0) is 12.5. The van der Waals surface area contributed by atoms with Crippen LogP contribution in [0.5, 0.6) is 0 Å². The van der Waals surface area contributed by atoms with Crippen LogP contribution in [0.1, 0.15) is 29.5 Å². The summed E-state index contributed by atoms with van der Waals surface area (Å²) in [5.74, 6) is 0.383. The summed E-state index contributed by atoms with van der Waals surface area (Å²) in [7, 11) is 0. The number of halogens is 1. The molecule has 0 radical (unpaired) electrons. The third kappa shape index (κ3) is 2.05. The van der Waals surface area contributed by atoms with Gasteiger partial charge in [-0.05, 0) is 35.7 Å². The molecule has 0 spiro atoms. The number of benzene rings is 2. The molecule has 2 aromatic rings. The maximum absolute atomic E-state index is 6.16. The van der Waals surface area contributed by atoms with Crippen molar-refractivity contribution in [1.29, 1.82) is 0 Å². The fraction of sp³-hybridized carbons (Fsp3) is 0.250. The molecule has 2 aromatic carbocycles. The summed E-state index contributed by atoms with van der Waals surface area (Å²) in [6.45, 7) is 3.17. The Bertz CT molecular complexity index is 550. The fourth-order valence-electron chi connectivity index (χ4n) is 2.80. The molecule has 3 rings (SSSR count). The average Bonchev–Trinajstić information content (AvgIpc) is 2.39. The SMILES string of the molecule is CC1NCc2ccc(Cl)cc2C1c1ccccc1. The van der Waals surface area contributed by atoms with Gasteiger partial charge in [0.2, 0.25) is 0 Å². The summed E-state index contributed by atoms with van der Waals surface area (Å²) in [5, 5.41) is 4.39. The molecular weight excluding hydrogens is 242 g/mol. The molecule has 2 heteroatoms. The van der Waals surface area contributed by atoms with E-state index >= 15 is 0 Å². The normalized spacial score (nSPS) is 22.6.